The molecule has 2 rings (SSSR count). The number of hydrogen-bond donors (Lipinski definition) is 3. The van der Waals surface area contributed by atoms with Gasteiger partial charge in [-0.1, -0.05) is 31.8 Å². The number of aliphatic imine (C=N–C) groups is 2. The van der Waals surface area contributed by atoms with Gasteiger partial charge in [-0.2, -0.15) is 18.2 Å². The third-order valence-corrected chi connectivity index (χ3v) is 4.10. The Bertz CT molecular complexity index is 1270. The molecule has 0 aliphatic carbocycles. The Kier molecular flexibility index (Phi) is 11.0. The van der Waals surface area contributed by atoms with Crippen molar-refractivity contribution in [2.24, 2.45) is 21.5 Å². The van der Waals surface area contributed by atoms with Gasteiger partial charge in [-0.05, 0) is 49.4 Å². The molecule has 0 saturated carbocycles. The van der Waals surface area contributed by atoms with Crippen LogP contribution in [0.15, 0.2) is 58.5 Å². The van der Waals surface area contributed by atoms with Crippen LogP contribution in [-0.2, 0) is 6.18 Å². The van der Waals surface area contributed by atoms with Crippen molar-refractivity contribution in [2.75, 3.05) is 7.05 Å². The lowest BCUT2D eigenvalue weighted by molar-refractivity contribution is -0.137. The van der Waals surface area contributed by atoms with Crippen LogP contribution >= 0.6 is 0 Å². The summed E-state index contributed by atoms with van der Waals surface area (Å²) in [6.45, 7) is 5.65. The molecule has 0 heterocycles. The Morgan fingerprint density at radius 1 is 1.03 bits per heavy atom. The smallest absolute Gasteiger partial charge is 0.370 e. The maximum absolute atomic E-state index is 13.9. The van der Waals surface area contributed by atoms with Gasteiger partial charge in [0, 0.05) is 23.7 Å². The van der Waals surface area contributed by atoms with Gasteiger partial charge in [0.25, 0.3) is 11.8 Å². The second kappa shape index (κ2) is 13.4. The number of amides is 2. The van der Waals surface area contributed by atoms with Crippen molar-refractivity contribution in [1.29, 1.82) is 0 Å². The average molecular weight is 504 g/mol. The standard InChI is InChI=1S/C23H19F4N5O2.C2H6/c1-3-4-19(30-2)31-21(34)17-11-13(7-8-18(17)23(25,26)27)5-6-14-9-15(12-16(24)10-14)20(33)32-22(28)29;1-2/h3-4,7-12H,1-2H3,(H,30,31,34)(H4,28,29,32,33);1-2H3/b4-3-;. The van der Waals surface area contributed by atoms with E-state index in [2.05, 4.69) is 27.1 Å². The molecule has 0 aliphatic rings. The van der Waals surface area contributed by atoms with E-state index < -0.39 is 40.9 Å². The number of rotatable bonds is 3. The fourth-order valence-electron chi connectivity index (χ4n) is 2.68. The van der Waals surface area contributed by atoms with E-state index in [1.165, 1.54) is 19.2 Å². The van der Waals surface area contributed by atoms with Gasteiger partial charge < -0.3 is 16.8 Å². The second-order valence-electron chi connectivity index (χ2n) is 6.64. The average Bonchev–Trinajstić information content (AvgIpc) is 2.82. The van der Waals surface area contributed by atoms with Crippen molar-refractivity contribution in [3.05, 3.63) is 82.2 Å². The number of halogens is 4. The highest BCUT2D eigenvalue weighted by molar-refractivity contribution is 6.11. The lowest BCUT2D eigenvalue weighted by Gasteiger charge is -2.13. The number of nitrogens with two attached hydrogens (primary N) is 2. The zero-order chi connectivity index (χ0) is 27.5. The van der Waals surface area contributed by atoms with Gasteiger partial charge >= 0.3 is 6.18 Å². The Hall–Kier alpha value is -4.46. The summed E-state index contributed by atoms with van der Waals surface area (Å²) in [7, 11) is 1.37. The SMILES string of the molecule is C/C=C\C(=NC)NC(=O)c1cc(C#Cc2cc(F)cc(C(=O)N=C(N)N)c2)ccc1C(F)(F)F.CC. The highest BCUT2D eigenvalue weighted by Crippen LogP contribution is 2.32. The lowest BCUT2D eigenvalue weighted by Crippen LogP contribution is -2.31. The number of allylic oxidation sites excluding steroid dienone is 1. The Morgan fingerprint density at radius 2 is 1.67 bits per heavy atom. The van der Waals surface area contributed by atoms with Crippen molar-refractivity contribution < 1.29 is 27.2 Å². The molecule has 2 aromatic rings. The van der Waals surface area contributed by atoms with Gasteiger partial charge in [-0.15, -0.1) is 0 Å². The number of alkyl halides is 3. The van der Waals surface area contributed by atoms with Crippen molar-refractivity contribution in [3.63, 3.8) is 0 Å². The molecule has 0 radical (unpaired) electrons. The summed E-state index contributed by atoms with van der Waals surface area (Å²) in [6, 6.07) is 5.87. The first-order valence-electron chi connectivity index (χ1n) is 10.5. The van der Waals surface area contributed by atoms with Crippen LogP contribution in [0.3, 0.4) is 0 Å². The Labute approximate surface area is 206 Å². The van der Waals surface area contributed by atoms with Gasteiger partial charge in [-0.25, -0.2) is 4.39 Å². The van der Waals surface area contributed by atoms with Gasteiger partial charge in [-0.3, -0.25) is 14.6 Å². The molecule has 2 aromatic carbocycles. The van der Waals surface area contributed by atoms with E-state index in [9.17, 15) is 27.2 Å². The summed E-state index contributed by atoms with van der Waals surface area (Å²) in [5, 5.41) is 2.30. The number of benzene rings is 2. The predicted octanol–water partition coefficient (Wildman–Crippen LogP) is 4.02. The zero-order valence-electron chi connectivity index (χ0n) is 20.0. The topological polar surface area (TPSA) is 123 Å². The fraction of sp³-hybridized carbons (Fsp3) is 0.200. The lowest BCUT2D eigenvalue weighted by atomic mass is 10.0. The normalized spacial score (nSPS) is 11.1. The molecule has 0 aliphatic heterocycles. The first kappa shape index (κ1) is 29.6. The summed E-state index contributed by atoms with van der Waals surface area (Å²) in [6.07, 6.45) is -1.83. The Balaban J connectivity index is 0.00000316. The van der Waals surface area contributed by atoms with Crippen LogP contribution in [0.25, 0.3) is 0 Å². The van der Waals surface area contributed by atoms with E-state index in [0.717, 1.165) is 30.3 Å². The largest absolute Gasteiger partial charge is 0.417 e. The molecule has 0 aromatic heterocycles. The molecule has 190 valence electrons. The Morgan fingerprint density at radius 3 is 2.22 bits per heavy atom. The summed E-state index contributed by atoms with van der Waals surface area (Å²) in [5.41, 5.74) is 8.34. The molecule has 5 N–H and O–H groups in total. The first-order chi connectivity index (χ1) is 16.9. The molecule has 2 amide bonds. The van der Waals surface area contributed by atoms with E-state index in [1.807, 2.05) is 13.8 Å². The molecule has 36 heavy (non-hydrogen) atoms. The number of guanidine groups is 1. The number of nitrogens with zero attached hydrogens (tertiary/aromatic N) is 2. The third kappa shape index (κ3) is 8.72. The van der Waals surface area contributed by atoms with Gasteiger partial charge in [0.2, 0.25) is 0 Å². The monoisotopic (exact) mass is 503 g/mol. The molecule has 0 fully saturated rings. The highest BCUT2D eigenvalue weighted by Gasteiger charge is 2.35. The van der Waals surface area contributed by atoms with Crippen molar-refractivity contribution in [3.8, 4) is 11.8 Å². The summed E-state index contributed by atoms with van der Waals surface area (Å²) >= 11 is 0. The van der Waals surface area contributed by atoms with Crippen LogP contribution in [0, 0.1) is 17.7 Å². The van der Waals surface area contributed by atoms with Crippen molar-refractivity contribution in [2.45, 2.75) is 26.9 Å². The van der Waals surface area contributed by atoms with Crippen LogP contribution < -0.4 is 16.8 Å². The summed E-state index contributed by atoms with van der Waals surface area (Å²) < 4.78 is 54.3. The van der Waals surface area contributed by atoms with Gasteiger partial charge in [0.05, 0.1) is 11.1 Å². The second-order valence-corrected chi connectivity index (χ2v) is 6.64. The van der Waals surface area contributed by atoms with E-state index in [0.29, 0.717) is 0 Å². The molecule has 0 atom stereocenters. The van der Waals surface area contributed by atoms with Crippen LogP contribution in [0.4, 0.5) is 17.6 Å². The molecule has 0 spiro atoms. The molecular formula is C25H25F4N5O2. The molecule has 0 saturated heterocycles. The third-order valence-electron chi connectivity index (χ3n) is 4.10. The number of carbonyl (C=O) groups is 2. The minimum Gasteiger partial charge on any atom is -0.370 e. The van der Waals surface area contributed by atoms with Gasteiger partial charge in [0.1, 0.15) is 11.7 Å². The summed E-state index contributed by atoms with van der Waals surface area (Å²) in [4.78, 5) is 31.5. The zero-order valence-corrected chi connectivity index (χ0v) is 20.0. The van der Waals surface area contributed by atoms with Crippen LogP contribution in [0.5, 0.6) is 0 Å². The van der Waals surface area contributed by atoms with Crippen LogP contribution in [-0.4, -0.2) is 30.7 Å². The quantitative estimate of drug-likeness (QED) is 0.253. The van der Waals surface area contributed by atoms with E-state index >= 15 is 0 Å². The van der Waals surface area contributed by atoms with E-state index in [4.69, 9.17) is 11.5 Å². The molecule has 7 nitrogen and oxygen atoms in total. The highest BCUT2D eigenvalue weighted by atomic mass is 19.4. The number of hydrogen-bond acceptors (Lipinski definition) is 3. The number of amidine groups is 1. The maximum atomic E-state index is 13.9. The van der Waals surface area contributed by atoms with Crippen molar-refractivity contribution in [1.82, 2.24) is 5.32 Å². The molecular weight excluding hydrogens is 478 g/mol. The fourth-order valence-corrected chi connectivity index (χ4v) is 2.68. The minimum absolute atomic E-state index is 0.0357. The summed E-state index contributed by atoms with van der Waals surface area (Å²) in [5.74, 6) is 1.92. The number of nitrogens with one attached hydrogen (secondary N) is 1. The molecule has 0 bridgehead atoms. The predicted molar refractivity (Wildman–Crippen MR) is 131 cm³/mol. The first-order valence-corrected chi connectivity index (χ1v) is 10.5. The van der Waals surface area contributed by atoms with Crippen LogP contribution in [0.1, 0.15) is 58.2 Å². The van der Waals surface area contributed by atoms with Crippen molar-refractivity contribution >= 4 is 23.6 Å². The van der Waals surface area contributed by atoms with E-state index in [1.54, 1.807) is 13.0 Å². The van der Waals surface area contributed by atoms with Gasteiger partial charge in [0.15, 0.2) is 5.96 Å². The van der Waals surface area contributed by atoms with Crippen LogP contribution in [0.2, 0.25) is 0 Å². The maximum Gasteiger partial charge on any atom is 0.417 e. The molecule has 11 heteroatoms. The number of carbonyl (C=O) groups excluding carboxylic acids is 2. The molecule has 0 unspecified atom stereocenters. The van der Waals surface area contributed by atoms with E-state index in [-0.39, 0.29) is 22.5 Å². The minimum atomic E-state index is -4.80.